The monoisotopic (exact) mass is 475 g/mol. The lowest BCUT2D eigenvalue weighted by atomic mass is 10.0. The van der Waals surface area contributed by atoms with E-state index in [9.17, 15) is 0 Å². The molecule has 3 rings (SSSR count). The third kappa shape index (κ3) is 5.13. The summed E-state index contributed by atoms with van der Waals surface area (Å²) in [5, 5.41) is 8.60. The van der Waals surface area contributed by atoms with Crippen molar-refractivity contribution in [3.63, 3.8) is 0 Å². The molecule has 0 unspecified atom stereocenters. The number of nitrogens with one attached hydrogen (secondary N) is 1. The van der Waals surface area contributed by atoms with E-state index in [1.165, 1.54) is 34.8 Å². The molecule has 0 fully saturated rings. The van der Waals surface area contributed by atoms with Crippen molar-refractivity contribution < 1.29 is 0 Å². The Morgan fingerprint density at radius 3 is 2.88 bits per heavy atom. The molecule has 1 aliphatic carbocycles. The Morgan fingerprint density at radius 1 is 1.40 bits per heavy atom. The first-order valence-corrected chi connectivity index (χ1v) is 9.28. The summed E-state index contributed by atoms with van der Waals surface area (Å²) < 4.78 is 1.75. The lowest BCUT2D eigenvalue weighted by Crippen LogP contribution is -2.38. The van der Waals surface area contributed by atoms with Crippen LogP contribution in [0.3, 0.4) is 0 Å². The van der Waals surface area contributed by atoms with Gasteiger partial charge in [0.15, 0.2) is 5.96 Å². The standard InChI is InChI=1S/C16H25N7S.HI/c1-4-17-16(18-9-14-19-11-20-23(14)3)22(2)10-15-21-12-7-5-6-8-13(12)24-15;/h11H,4-10H2,1-3H3,(H,17,18);1H. The predicted molar refractivity (Wildman–Crippen MR) is 111 cm³/mol. The molecule has 0 radical (unpaired) electrons. The highest BCUT2D eigenvalue weighted by atomic mass is 127. The van der Waals surface area contributed by atoms with Crippen molar-refractivity contribution in [3.05, 3.63) is 27.7 Å². The van der Waals surface area contributed by atoms with Crippen molar-refractivity contribution in [2.45, 2.75) is 45.7 Å². The van der Waals surface area contributed by atoms with Gasteiger partial charge in [0.2, 0.25) is 0 Å². The summed E-state index contributed by atoms with van der Waals surface area (Å²) in [6.45, 7) is 4.20. The normalized spacial score (nSPS) is 14.0. The van der Waals surface area contributed by atoms with Gasteiger partial charge in [-0.3, -0.25) is 4.68 Å². The minimum absolute atomic E-state index is 0. The number of thiazole rings is 1. The van der Waals surface area contributed by atoms with Crippen molar-refractivity contribution >= 4 is 41.3 Å². The molecule has 9 heteroatoms. The lowest BCUT2D eigenvalue weighted by molar-refractivity contribution is 0.474. The van der Waals surface area contributed by atoms with Crippen LogP contribution >= 0.6 is 35.3 Å². The van der Waals surface area contributed by atoms with E-state index >= 15 is 0 Å². The summed E-state index contributed by atoms with van der Waals surface area (Å²) in [5.41, 5.74) is 1.32. The second-order valence-electron chi connectivity index (χ2n) is 6.01. The van der Waals surface area contributed by atoms with E-state index < -0.39 is 0 Å². The van der Waals surface area contributed by atoms with Crippen LogP contribution in [0.4, 0.5) is 0 Å². The van der Waals surface area contributed by atoms with Crippen LogP contribution in [0, 0.1) is 0 Å². The van der Waals surface area contributed by atoms with E-state index in [1.54, 1.807) is 11.0 Å². The zero-order valence-corrected chi connectivity index (χ0v) is 18.2. The maximum absolute atomic E-state index is 4.83. The van der Waals surface area contributed by atoms with Gasteiger partial charge in [-0.15, -0.1) is 35.3 Å². The average molecular weight is 475 g/mol. The third-order valence-electron chi connectivity index (χ3n) is 4.13. The summed E-state index contributed by atoms with van der Waals surface area (Å²) in [6, 6.07) is 0. The Bertz CT molecular complexity index is 686. The van der Waals surface area contributed by atoms with Gasteiger partial charge in [0.25, 0.3) is 0 Å². The number of hydrogen-bond acceptors (Lipinski definition) is 5. The second kappa shape index (κ2) is 9.46. The van der Waals surface area contributed by atoms with Gasteiger partial charge in [-0.2, -0.15) is 5.10 Å². The quantitative estimate of drug-likeness (QED) is 0.409. The Morgan fingerprint density at radius 2 is 2.20 bits per heavy atom. The summed E-state index contributed by atoms with van der Waals surface area (Å²) in [6.07, 6.45) is 6.45. The van der Waals surface area contributed by atoms with Gasteiger partial charge in [-0.25, -0.2) is 15.0 Å². The maximum atomic E-state index is 4.83. The second-order valence-corrected chi connectivity index (χ2v) is 7.18. The first-order chi connectivity index (χ1) is 11.7. The van der Waals surface area contributed by atoms with Crippen LogP contribution in [-0.2, 0) is 33.0 Å². The molecule has 1 aliphatic rings. The highest BCUT2D eigenvalue weighted by Crippen LogP contribution is 2.27. The molecule has 0 saturated carbocycles. The number of guanidine groups is 1. The van der Waals surface area contributed by atoms with Crippen LogP contribution in [0.25, 0.3) is 0 Å². The van der Waals surface area contributed by atoms with E-state index in [2.05, 4.69) is 39.3 Å². The van der Waals surface area contributed by atoms with Crippen LogP contribution in [0.5, 0.6) is 0 Å². The Hall–Kier alpha value is -1.23. The third-order valence-corrected chi connectivity index (χ3v) is 5.28. The molecule has 0 spiro atoms. The molecule has 0 amide bonds. The highest BCUT2D eigenvalue weighted by molar-refractivity contribution is 14.0. The smallest absolute Gasteiger partial charge is 0.194 e. The average Bonchev–Trinajstić information content (AvgIpc) is 3.16. The number of halogens is 1. The van der Waals surface area contributed by atoms with Gasteiger partial charge in [-0.1, -0.05) is 0 Å². The van der Waals surface area contributed by atoms with E-state index in [1.807, 2.05) is 18.4 Å². The summed E-state index contributed by atoms with van der Waals surface area (Å²) in [5.74, 6) is 1.72. The number of aromatic nitrogens is 4. The van der Waals surface area contributed by atoms with Gasteiger partial charge < -0.3 is 10.2 Å². The molecule has 2 heterocycles. The number of hydrogen-bond donors (Lipinski definition) is 1. The Balaban J connectivity index is 0.00000225. The number of aliphatic imine (C=N–C) groups is 1. The first-order valence-electron chi connectivity index (χ1n) is 8.47. The van der Waals surface area contributed by atoms with Crippen molar-refractivity contribution in [2.24, 2.45) is 12.0 Å². The zero-order valence-electron chi connectivity index (χ0n) is 15.0. The lowest BCUT2D eigenvalue weighted by Gasteiger charge is -2.20. The highest BCUT2D eigenvalue weighted by Gasteiger charge is 2.17. The van der Waals surface area contributed by atoms with Gasteiger partial charge in [-0.05, 0) is 32.6 Å². The van der Waals surface area contributed by atoms with Gasteiger partial charge in [0.1, 0.15) is 23.7 Å². The largest absolute Gasteiger partial charge is 0.357 e. The molecular weight excluding hydrogens is 449 g/mol. The van der Waals surface area contributed by atoms with Crippen LogP contribution in [0.1, 0.15) is 41.2 Å². The predicted octanol–water partition coefficient (Wildman–Crippen LogP) is 2.37. The van der Waals surface area contributed by atoms with E-state index in [0.717, 1.165) is 31.3 Å². The number of aryl methyl sites for hydroxylation is 3. The van der Waals surface area contributed by atoms with Crippen molar-refractivity contribution in [1.29, 1.82) is 0 Å². The summed E-state index contributed by atoms with van der Waals surface area (Å²) in [4.78, 5) is 17.3. The fourth-order valence-corrected chi connectivity index (χ4v) is 4.04. The fraction of sp³-hybridized carbons (Fsp3) is 0.625. The zero-order chi connectivity index (χ0) is 16.9. The number of nitrogens with zero attached hydrogens (tertiary/aromatic N) is 6. The molecule has 0 aromatic carbocycles. The molecule has 1 N–H and O–H groups in total. The Labute approximate surface area is 170 Å². The van der Waals surface area contributed by atoms with E-state index in [0.29, 0.717) is 6.54 Å². The summed E-state index contributed by atoms with van der Waals surface area (Å²) >= 11 is 1.86. The van der Waals surface area contributed by atoms with Crippen LogP contribution in [0.2, 0.25) is 0 Å². The first kappa shape index (κ1) is 20.1. The van der Waals surface area contributed by atoms with Crippen molar-refractivity contribution in [1.82, 2.24) is 30.0 Å². The van der Waals surface area contributed by atoms with Gasteiger partial charge in [0, 0.05) is 25.5 Å². The van der Waals surface area contributed by atoms with Crippen LogP contribution < -0.4 is 5.32 Å². The SMILES string of the molecule is CCNC(=NCc1ncnn1C)N(C)Cc1nc2c(s1)CCCC2.I. The van der Waals surface area contributed by atoms with Crippen LogP contribution in [-0.4, -0.2) is 44.2 Å². The van der Waals surface area contributed by atoms with Gasteiger partial charge in [0.05, 0.1) is 12.2 Å². The van der Waals surface area contributed by atoms with Crippen molar-refractivity contribution in [3.8, 4) is 0 Å². The molecule has 0 aliphatic heterocycles. The molecule has 2 aromatic heterocycles. The molecule has 0 saturated heterocycles. The molecule has 2 aromatic rings. The molecule has 138 valence electrons. The molecule has 0 bridgehead atoms. The van der Waals surface area contributed by atoms with Crippen LogP contribution in [0.15, 0.2) is 11.3 Å². The van der Waals surface area contributed by atoms with Gasteiger partial charge >= 0.3 is 0 Å². The maximum Gasteiger partial charge on any atom is 0.194 e. The number of rotatable bonds is 5. The molecule has 7 nitrogen and oxygen atoms in total. The summed E-state index contributed by atoms with van der Waals surface area (Å²) in [7, 11) is 3.94. The Kier molecular flexibility index (Phi) is 7.60. The minimum atomic E-state index is 0. The minimum Gasteiger partial charge on any atom is -0.357 e. The van der Waals surface area contributed by atoms with Crippen molar-refractivity contribution in [2.75, 3.05) is 13.6 Å². The fourth-order valence-electron chi connectivity index (χ4n) is 2.83. The molecule has 25 heavy (non-hydrogen) atoms. The van der Waals surface area contributed by atoms with E-state index in [-0.39, 0.29) is 24.0 Å². The van der Waals surface area contributed by atoms with E-state index in [4.69, 9.17) is 4.98 Å². The topological polar surface area (TPSA) is 71.2 Å². The number of fused-ring (bicyclic) bond motifs is 1. The molecular formula is C16H26IN7S. The molecule has 0 atom stereocenters.